The Labute approximate surface area is 110 Å². The van der Waals surface area contributed by atoms with Gasteiger partial charge in [0, 0.05) is 5.92 Å². The van der Waals surface area contributed by atoms with Crippen molar-refractivity contribution in [2.45, 2.75) is 17.7 Å². The number of fused-ring (bicyclic) bond motifs is 1. The van der Waals surface area contributed by atoms with E-state index in [0.717, 1.165) is 6.26 Å². The predicted octanol–water partition coefficient (Wildman–Crippen LogP) is -1.02. The minimum Gasteiger partial charge on any atom is -0.465 e. The van der Waals surface area contributed by atoms with E-state index in [-0.39, 0.29) is 6.61 Å². The summed E-state index contributed by atoms with van der Waals surface area (Å²) in [6.45, 7) is 4.92. The lowest BCUT2D eigenvalue weighted by Gasteiger charge is -2.23. The summed E-state index contributed by atoms with van der Waals surface area (Å²) in [7, 11) is -3.60. The van der Waals surface area contributed by atoms with Crippen molar-refractivity contribution in [2.75, 3.05) is 12.4 Å². The highest BCUT2D eigenvalue weighted by atomic mass is 32.2. The third-order valence-electron chi connectivity index (χ3n) is 3.53. The molecular formula is C11H15NO6S. The lowest BCUT2D eigenvalue weighted by molar-refractivity contribution is -0.150. The summed E-state index contributed by atoms with van der Waals surface area (Å²) in [6, 6.07) is 0. The zero-order chi connectivity index (χ0) is 14.4. The topological polar surface area (TPSA) is 113 Å². The summed E-state index contributed by atoms with van der Waals surface area (Å²) >= 11 is 0. The van der Waals surface area contributed by atoms with Crippen LogP contribution in [0.25, 0.3) is 0 Å². The van der Waals surface area contributed by atoms with E-state index in [1.807, 2.05) is 0 Å². The Balaban J connectivity index is 2.28. The molecule has 106 valence electrons. The summed E-state index contributed by atoms with van der Waals surface area (Å²) in [5.41, 5.74) is 4.22. The van der Waals surface area contributed by atoms with Gasteiger partial charge in [-0.25, -0.2) is 8.42 Å². The molecule has 2 aliphatic rings. The van der Waals surface area contributed by atoms with Gasteiger partial charge in [-0.1, -0.05) is 6.58 Å². The molecule has 1 aliphatic carbocycles. The van der Waals surface area contributed by atoms with Crippen LogP contribution >= 0.6 is 0 Å². The molecule has 0 bridgehead atoms. The first-order chi connectivity index (χ1) is 8.79. The molecule has 0 spiro atoms. The zero-order valence-electron chi connectivity index (χ0n) is 10.4. The van der Waals surface area contributed by atoms with E-state index in [1.165, 1.54) is 0 Å². The molecule has 8 heteroatoms. The summed E-state index contributed by atoms with van der Waals surface area (Å²) in [6.07, 6.45) is 0.922. The van der Waals surface area contributed by atoms with Crippen molar-refractivity contribution in [3.8, 4) is 0 Å². The molecule has 0 radical (unpaired) electrons. The fraction of sp³-hybridized carbons (Fsp3) is 0.636. The summed E-state index contributed by atoms with van der Waals surface area (Å²) in [4.78, 5) is 23.4. The maximum Gasteiger partial charge on any atom is 0.327 e. The fourth-order valence-electron chi connectivity index (χ4n) is 2.77. The van der Waals surface area contributed by atoms with E-state index in [9.17, 15) is 18.0 Å². The van der Waals surface area contributed by atoms with Gasteiger partial charge in [0.25, 0.3) is 0 Å². The molecule has 7 nitrogen and oxygen atoms in total. The van der Waals surface area contributed by atoms with Gasteiger partial charge in [-0.2, -0.15) is 0 Å². The Morgan fingerprint density at radius 3 is 2.68 bits per heavy atom. The van der Waals surface area contributed by atoms with Crippen molar-refractivity contribution in [2.24, 2.45) is 17.6 Å². The molecule has 4 atom stereocenters. The van der Waals surface area contributed by atoms with Gasteiger partial charge in [0.2, 0.25) is 0 Å². The van der Waals surface area contributed by atoms with Crippen LogP contribution in [0.2, 0.25) is 0 Å². The van der Waals surface area contributed by atoms with Gasteiger partial charge in [-0.3, -0.25) is 9.59 Å². The summed E-state index contributed by atoms with van der Waals surface area (Å²) < 4.78 is 33.2. The van der Waals surface area contributed by atoms with E-state index in [4.69, 9.17) is 10.5 Å². The first kappa shape index (κ1) is 14.0. The Morgan fingerprint density at radius 2 is 2.16 bits per heavy atom. The maximum absolute atomic E-state index is 11.9. The number of hydrogen-bond acceptors (Lipinski definition) is 7. The van der Waals surface area contributed by atoms with E-state index in [0.29, 0.717) is 0 Å². The van der Waals surface area contributed by atoms with Crippen LogP contribution in [0.4, 0.5) is 0 Å². The summed E-state index contributed by atoms with van der Waals surface area (Å²) in [5, 5.41) is -0.950. The number of sulfone groups is 1. The smallest absolute Gasteiger partial charge is 0.327 e. The Morgan fingerprint density at radius 1 is 1.53 bits per heavy atom. The third kappa shape index (κ3) is 1.95. The average molecular weight is 289 g/mol. The van der Waals surface area contributed by atoms with Crippen molar-refractivity contribution < 1.29 is 27.5 Å². The van der Waals surface area contributed by atoms with Gasteiger partial charge in [0.1, 0.15) is 5.54 Å². The Kier molecular flexibility index (Phi) is 3.18. The van der Waals surface area contributed by atoms with Crippen molar-refractivity contribution >= 4 is 21.8 Å². The van der Waals surface area contributed by atoms with Crippen LogP contribution in [0.15, 0.2) is 12.8 Å². The zero-order valence-corrected chi connectivity index (χ0v) is 11.2. The second-order valence-corrected chi connectivity index (χ2v) is 6.85. The lowest BCUT2D eigenvalue weighted by Crippen LogP contribution is -2.54. The monoisotopic (exact) mass is 289 g/mol. The van der Waals surface area contributed by atoms with Crippen LogP contribution in [-0.2, 0) is 28.9 Å². The van der Waals surface area contributed by atoms with Gasteiger partial charge in [0.05, 0.1) is 29.8 Å². The maximum atomic E-state index is 11.9. The van der Waals surface area contributed by atoms with Gasteiger partial charge >= 0.3 is 11.9 Å². The van der Waals surface area contributed by atoms with Gasteiger partial charge < -0.3 is 15.2 Å². The number of hydrogen-bond donors (Lipinski definition) is 1. The molecule has 19 heavy (non-hydrogen) atoms. The van der Waals surface area contributed by atoms with Crippen LogP contribution in [-0.4, -0.2) is 43.5 Å². The average Bonchev–Trinajstić information content (AvgIpc) is 3.00. The largest absolute Gasteiger partial charge is 0.465 e. The number of rotatable bonds is 4. The van der Waals surface area contributed by atoms with Gasteiger partial charge in [0.15, 0.2) is 9.84 Å². The number of nitrogens with two attached hydrogens (primary N) is 1. The van der Waals surface area contributed by atoms with Crippen molar-refractivity contribution in [1.82, 2.24) is 0 Å². The number of carbonyl (C=O) groups excluding carboxylic acids is 2. The molecule has 0 aromatic carbocycles. The normalized spacial score (nSPS) is 38.1. The lowest BCUT2D eigenvalue weighted by atomic mass is 9.95. The predicted molar refractivity (Wildman–Crippen MR) is 64.4 cm³/mol. The van der Waals surface area contributed by atoms with E-state index < -0.39 is 50.2 Å². The molecule has 1 saturated heterocycles. The highest BCUT2D eigenvalue weighted by molar-refractivity contribution is 7.92. The minimum absolute atomic E-state index is 0.0942. The third-order valence-corrected chi connectivity index (χ3v) is 5.83. The highest BCUT2D eigenvalue weighted by Crippen LogP contribution is 2.57. The molecule has 2 fully saturated rings. The van der Waals surface area contributed by atoms with Crippen molar-refractivity contribution in [1.29, 1.82) is 0 Å². The molecule has 1 aliphatic heterocycles. The molecule has 0 aromatic heterocycles. The van der Waals surface area contributed by atoms with E-state index in [2.05, 4.69) is 11.3 Å². The first-order valence-electron chi connectivity index (χ1n) is 5.78. The van der Waals surface area contributed by atoms with Crippen LogP contribution < -0.4 is 5.73 Å². The van der Waals surface area contributed by atoms with Crippen LogP contribution in [0.3, 0.4) is 0 Å². The molecule has 1 saturated carbocycles. The van der Waals surface area contributed by atoms with Crippen LogP contribution in [0, 0.1) is 11.8 Å². The second kappa shape index (κ2) is 4.31. The SMILES string of the molecule is C=COC(=O)[C@@H]1[C@@H]2[C@H]1S(=O)(=O)CC2(N)C(=O)OCC. The van der Waals surface area contributed by atoms with Crippen molar-refractivity contribution in [3.05, 3.63) is 12.8 Å². The molecule has 2 N–H and O–H groups in total. The van der Waals surface area contributed by atoms with Crippen molar-refractivity contribution in [3.63, 3.8) is 0 Å². The number of ether oxygens (including phenoxy) is 2. The van der Waals surface area contributed by atoms with Crippen LogP contribution in [0.1, 0.15) is 6.92 Å². The quantitative estimate of drug-likeness (QED) is 0.520. The molecule has 0 amide bonds. The van der Waals surface area contributed by atoms with E-state index in [1.54, 1.807) is 6.92 Å². The summed E-state index contributed by atoms with van der Waals surface area (Å²) in [5.74, 6) is -3.70. The Hall–Kier alpha value is -1.41. The second-order valence-electron chi connectivity index (χ2n) is 4.69. The molecular weight excluding hydrogens is 274 g/mol. The molecule has 0 aromatic rings. The van der Waals surface area contributed by atoms with Gasteiger partial charge in [-0.05, 0) is 6.92 Å². The fourth-order valence-corrected chi connectivity index (χ4v) is 5.43. The molecule has 1 unspecified atom stereocenters. The first-order valence-corrected chi connectivity index (χ1v) is 7.50. The van der Waals surface area contributed by atoms with E-state index >= 15 is 0 Å². The minimum atomic E-state index is -3.60. The molecule has 2 rings (SSSR count). The number of esters is 2. The molecule has 1 heterocycles. The highest BCUT2D eigenvalue weighted by Gasteiger charge is 2.77. The van der Waals surface area contributed by atoms with Crippen LogP contribution in [0.5, 0.6) is 0 Å². The standard InChI is InChI=1S/C11H15NO6S/c1-3-17-9(13)6-7-8(6)19(15,16)5-11(7,12)10(14)18-4-2/h3,6-8H,1,4-5,12H2,2H3/t6-,7-,8+,11?/m1/s1. The van der Waals surface area contributed by atoms with Gasteiger partial charge in [-0.15, -0.1) is 0 Å². The Bertz CT molecular complexity index is 541. The number of carbonyl (C=O) groups is 2.